The molecule has 30 heavy (non-hydrogen) atoms. The maximum Gasteiger partial charge on any atom is 0.263 e. The molecule has 1 amide bonds. The molecule has 4 rings (SSSR count). The van der Waals surface area contributed by atoms with E-state index in [1.165, 1.54) is 27.8 Å². The first kappa shape index (κ1) is 20.3. The predicted molar refractivity (Wildman–Crippen MR) is 124 cm³/mol. The number of carbonyl (C=O) groups excluding carboxylic acids is 1. The number of halogens is 1. The molecular formula is C23H20ClN3O2S. The van der Waals surface area contributed by atoms with E-state index in [9.17, 15) is 9.59 Å². The van der Waals surface area contributed by atoms with Gasteiger partial charge < -0.3 is 5.32 Å². The van der Waals surface area contributed by atoms with Crippen LogP contribution in [-0.2, 0) is 17.8 Å². The summed E-state index contributed by atoms with van der Waals surface area (Å²) in [6, 6.07) is 13.5. The van der Waals surface area contributed by atoms with Gasteiger partial charge in [-0.25, -0.2) is 4.98 Å². The number of hydrogen-bond donors (Lipinski definition) is 1. The minimum absolute atomic E-state index is 0.127. The molecule has 2 aromatic carbocycles. The van der Waals surface area contributed by atoms with Gasteiger partial charge in [-0.15, -0.1) is 11.3 Å². The van der Waals surface area contributed by atoms with Gasteiger partial charge in [-0.05, 0) is 42.2 Å². The van der Waals surface area contributed by atoms with Gasteiger partial charge in [-0.2, -0.15) is 0 Å². The summed E-state index contributed by atoms with van der Waals surface area (Å²) in [6.45, 7) is 3.81. The van der Waals surface area contributed by atoms with Crippen molar-refractivity contribution in [3.63, 3.8) is 0 Å². The first-order chi connectivity index (χ1) is 14.5. The molecular weight excluding hydrogens is 418 g/mol. The Morgan fingerprint density at radius 2 is 1.97 bits per heavy atom. The average molecular weight is 438 g/mol. The van der Waals surface area contributed by atoms with Gasteiger partial charge in [0.2, 0.25) is 5.91 Å². The highest BCUT2D eigenvalue weighted by atomic mass is 35.5. The molecule has 0 aliphatic rings. The molecule has 0 bridgehead atoms. The van der Waals surface area contributed by atoms with E-state index in [4.69, 9.17) is 11.6 Å². The summed E-state index contributed by atoms with van der Waals surface area (Å²) in [4.78, 5) is 30.8. The van der Waals surface area contributed by atoms with Crippen LogP contribution in [0.3, 0.4) is 0 Å². The normalized spacial score (nSPS) is 11.0. The van der Waals surface area contributed by atoms with E-state index in [0.717, 1.165) is 23.1 Å². The van der Waals surface area contributed by atoms with E-state index < -0.39 is 0 Å². The lowest BCUT2D eigenvalue weighted by Gasteiger charge is -2.10. The van der Waals surface area contributed by atoms with Crippen molar-refractivity contribution in [2.24, 2.45) is 0 Å². The van der Waals surface area contributed by atoms with Crippen molar-refractivity contribution in [2.45, 2.75) is 26.8 Å². The Hall–Kier alpha value is -2.96. The molecule has 2 aromatic heterocycles. The number of fused-ring (bicyclic) bond motifs is 1. The third-order valence-corrected chi connectivity index (χ3v) is 6.39. The van der Waals surface area contributed by atoms with Crippen LogP contribution in [0.5, 0.6) is 0 Å². The van der Waals surface area contributed by atoms with Crippen LogP contribution in [0, 0.1) is 6.92 Å². The summed E-state index contributed by atoms with van der Waals surface area (Å²) >= 11 is 7.54. The van der Waals surface area contributed by atoms with E-state index >= 15 is 0 Å². The van der Waals surface area contributed by atoms with Gasteiger partial charge in [0.25, 0.3) is 5.56 Å². The van der Waals surface area contributed by atoms with Crippen molar-refractivity contribution in [1.29, 1.82) is 0 Å². The summed E-state index contributed by atoms with van der Waals surface area (Å²) in [5, 5.41) is 5.88. The van der Waals surface area contributed by atoms with Gasteiger partial charge in [-0.3, -0.25) is 14.2 Å². The Kier molecular flexibility index (Phi) is 5.70. The predicted octanol–water partition coefficient (Wildman–Crippen LogP) is 5.29. The molecule has 2 heterocycles. The SMILES string of the molecule is CCc1ccc(-c2csc3ncn(CC(=O)Nc4cccc(Cl)c4C)c(=O)c23)cc1. The van der Waals surface area contributed by atoms with Crippen LogP contribution < -0.4 is 10.9 Å². The third kappa shape index (κ3) is 3.88. The molecule has 0 unspecified atom stereocenters. The van der Waals surface area contributed by atoms with Gasteiger partial charge in [0.15, 0.2) is 0 Å². The van der Waals surface area contributed by atoms with Gasteiger partial charge in [-0.1, -0.05) is 48.9 Å². The number of aromatic nitrogens is 2. The number of aryl methyl sites for hydroxylation is 1. The minimum Gasteiger partial charge on any atom is -0.324 e. The van der Waals surface area contributed by atoms with Gasteiger partial charge >= 0.3 is 0 Å². The number of anilines is 1. The number of rotatable bonds is 5. The van der Waals surface area contributed by atoms with Crippen molar-refractivity contribution in [3.8, 4) is 11.1 Å². The number of nitrogens with zero attached hydrogens (tertiary/aromatic N) is 2. The summed E-state index contributed by atoms with van der Waals surface area (Å²) in [5.41, 5.74) is 4.23. The highest BCUT2D eigenvalue weighted by Gasteiger charge is 2.15. The first-order valence-electron chi connectivity index (χ1n) is 9.59. The van der Waals surface area contributed by atoms with Crippen LogP contribution in [-0.4, -0.2) is 15.5 Å². The third-order valence-electron chi connectivity index (χ3n) is 5.09. The molecule has 7 heteroatoms. The monoisotopic (exact) mass is 437 g/mol. The van der Waals surface area contributed by atoms with E-state index in [1.54, 1.807) is 18.2 Å². The van der Waals surface area contributed by atoms with Gasteiger partial charge in [0, 0.05) is 21.7 Å². The highest BCUT2D eigenvalue weighted by molar-refractivity contribution is 7.17. The fourth-order valence-corrected chi connectivity index (χ4v) is 4.38. The molecule has 1 N–H and O–H groups in total. The molecule has 0 spiro atoms. The van der Waals surface area contributed by atoms with Crippen LogP contribution in [0.4, 0.5) is 5.69 Å². The maximum absolute atomic E-state index is 13.1. The molecule has 0 atom stereocenters. The van der Waals surface area contributed by atoms with Crippen LogP contribution in [0.2, 0.25) is 5.02 Å². The lowest BCUT2D eigenvalue weighted by molar-refractivity contribution is -0.116. The second kappa shape index (κ2) is 8.42. The molecule has 0 saturated heterocycles. The van der Waals surface area contributed by atoms with Crippen LogP contribution in [0.15, 0.2) is 59.0 Å². The largest absolute Gasteiger partial charge is 0.324 e. The number of nitrogens with one attached hydrogen (secondary N) is 1. The summed E-state index contributed by atoms with van der Waals surface area (Å²) in [5.74, 6) is -0.312. The molecule has 152 valence electrons. The Balaban J connectivity index is 1.65. The molecule has 4 aromatic rings. The lowest BCUT2D eigenvalue weighted by atomic mass is 10.0. The van der Waals surface area contributed by atoms with Crippen molar-refractivity contribution in [1.82, 2.24) is 9.55 Å². The molecule has 0 aliphatic carbocycles. The van der Waals surface area contributed by atoms with E-state index in [2.05, 4.69) is 29.4 Å². The maximum atomic E-state index is 13.1. The van der Waals surface area contributed by atoms with Crippen LogP contribution in [0.25, 0.3) is 21.3 Å². The second-order valence-corrected chi connectivity index (χ2v) is 8.28. The summed E-state index contributed by atoms with van der Waals surface area (Å²) in [7, 11) is 0. The fourth-order valence-electron chi connectivity index (χ4n) is 3.30. The zero-order chi connectivity index (χ0) is 21.3. The molecule has 0 radical (unpaired) electrons. The summed E-state index contributed by atoms with van der Waals surface area (Å²) in [6.07, 6.45) is 2.38. The highest BCUT2D eigenvalue weighted by Crippen LogP contribution is 2.31. The number of carbonyl (C=O) groups is 1. The lowest BCUT2D eigenvalue weighted by Crippen LogP contribution is -2.28. The number of benzene rings is 2. The van der Waals surface area contributed by atoms with Crippen LogP contribution in [0.1, 0.15) is 18.1 Å². The van der Waals surface area contributed by atoms with Crippen molar-refractivity contribution in [2.75, 3.05) is 5.32 Å². The van der Waals surface area contributed by atoms with Gasteiger partial charge in [0.1, 0.15) is 11.4 Å². The van der Waals surface area contributed by atoms with Crippen LogP contribution >= 0.6 is 22.9 Å². The number of amides is 1. The number of hydrogen-bond acceptors (Lipinski definition) is 4. The Morgan fingerprint density at radius 1 is 1.20 bits per heavy atom. The Labute approximate surface area is 183 Å². The molecule has 5 nitrogen and oxygen atoms in total. The van der Waals surface area contributed by atoms with Crippen molar-refractivity contribution < 1.29 is 4.79 Å². The first-order valence-corrected chi connectivity index (χ1v) is 10.8. The Bertz CT molecular complexity index is 1290. The Morgan fingerprint density at radius 3 is 2.70 bits per heavy atom. The van der Waals surface area contributed by atoms with E-state index in [1.807, 2.05) is 24.4 Å². The zero-order valence-electron chi connectivity index (χ0n) is 16.6. The van der Waals surface area contributed by atoms with Crippen molar-refractivity contribution in [3.05, 3.63) is 80.7 Å². The standard InChI is InChI=1S/C23H20ClN3O2S/c1-3-15-7-9-16(10-8-15)17-12-30-22-21(17)23(29)27(13-25-22)11-20(28)26-19-6-4-5-18(24)14(19)2/h4-10,12-13H,3,11H2,1-2H3,(H,26,28). The summed E-state index contributed by atoms with van der Waals surface area (Å²) < 4.78 is 1.34. The second-order valence-electron chi connectivity index (χ2n) is 7.02. The molecule has 0 fully saturated rings. The topological polar surface area (TPSA) is 64.0 Å². The number of thiophene rings is 1. The zero-order valence-corrected chi connectivity index (χ0v) is 18.2. The smallest absolute Gasteiger partial charge is 0.263 e. The molecule has 0 aliphatic heterocycles. The van der Waals surface area contributed by atoms with E-state index in [-0.39, 0.29) is 18.0 Å². The quantitative estimate of drug-likeness (QED) is 0.461. The average Bonchev–Trinajstić information content (AvgIpc) is 3.18. The van der Waals surface area contributed by atoms with E-state index in [0.29, 0.717) is 20.9 Å². The minimum atomic E-state index is -0.312. The van der Waals surface area contributed by atoms with Gasteiger partial charge in [0.05, 0.1) is 11.7 Å². The fraction of sp³-hybridized carbons (Fsp3) is 0.174. The molecule has 0 saturated carbocycles. The van der Waals surface area contributed by atoms with Crippen molar-refractivity contribution >= 4 is 44.7 Å².